The average molecular weight is 445 g/mol. The molecule has 0 saturated heterocycles. The van der Waals surface area contributed by atoms with E-state index < -0.39 is 0 Å². The summed E-state index contributed by atoms with van der Waals surface area (Å²) in [7, 11) is 0. The average Bonchev–Trinajstić information content (AvgIpc) is 3.23. The summed E-state index contributed by atoms with van der Waals surface area (Å²) in [5.41, 5.74) is 1.07. The molecule has 1 saturated carbocycles. The molecule has 1 fully saturated rings. The van der Waals surface area contributed by atoms with Crippen molar-refractivity contribution in [1.29, 1.82) is 0 Å². The van der Waals surface area contributed by atoms with Crippen molar-refractivity contribution in [1.82, 2.24) is 10.3 Å². The molecule has 1 aromatic heterocycles. The van der Waals surface area contributed by atoms with Gasteiger partial charge >= 0.3 is 0 Å². The number of benzene rings is 1. The molecule has 104 valence electrons. The molecule has 1 aliphatic carbocycles. The summed E-state index contributed by atoms with van der Waals surface area (Å²) in [6, 6.07) is 10.7. The first-order valence-electron chi connectivity index (χ1n) is 6.52. The van der Waals surface area contributed by atoms with E-state index in [-0.39, 0.29) is 0 Å². The number of nitrogens with zero attached hydrogens (tertiary/aromatic N) is 1. The lowest BCUT2D eigenvalue weighted by Gasteiger charge is -2.11. The Morgan fingerprint density at radius 3 is 2.95 bits per heavy atom. The van der Waals surface area contributed by atoms with E-state index in [2.05, 4.69) is 54.9 Å². The molecule has 0 unspecified atom stereocenters. The van der Waals surface area contributed by atoms with E-state index >= 15 is 0 Å². The first-order chi connectivity index (χ1) is 9.70. The van der Waals surface area contributed by atoms with E-state index in [1.54, 1.807) is 6.20 Å². The zero-order chi connectivity index (χ0) is 13.9. The Balaban J connectivity index is 1.79. The fourth-order valence-electron chi connectivity index (χ4n) is 1.87. The zero-order valence-corrected chi connectivity index (χ0v) is 14.5. The normalized spacial score (nSPS) is 14.3. The number of rotatable bonds is 5. The molecule has 3 nitrogen and oxygen atoms in total. The highest BCUT2D eigenvalue weighted by Gasteiger charge is 2.21. The Morgan fingerprint density at radius 2 is 2.20 bits per heavy atom. The topological polar surface area (TPSA) is 34.1 Å². The van der Waals surface area contributed by atoms with Crippen molar-refractivity contribution < 1.29 is 4.74 Å². The largest absolute Gasteiger partial charge is 0.439 e. The Bertz CT molecular complexity index is 617. The van der Waals surface area contributed by atoms with Gasteiger partial charge in [0, 0.05) is 32.4 Å². The minimum Gasteiger partial charge on any atom is -0.439 e. The predicted octanol–water partition coefficient (Wildman–Crippen LogP) is 4.49. The third-order valence-corrected chi connectivity index (χ3v) is 4.17. The second-order valence-corrected chi connectivity index (χ2v) is 6.99. The zero-order valence-electron chi connectivity index (χ0n) is 10.8. The van der Waals surface area contributed by atoms with Crippen LogP contribution in [0.5, 0.6) is 11.6 Å². The molecule has 1 aromatic carbocycles. The van der Waals surface area contributed by atoms with Gasteiger partial charge in [0.1, 0.15) is 5.75 Å². The third kappa shape index (κ3) is 3.93. The van der Waals surface area contributed by atoms with Crippen molar-refractivity contribution in [2.75, 3.05) is 0 Å². The van der Waals surface area contributed by atoms with Gasteiger partial charge in [-0.2, -0.15) is 0 Å². The number of nitrogens with one attached hydrogen (secondary N) is 1. The van der Waals surface area contributed by atoms with E-state index in [0.29, 0.717) is 11.9 Å². The van der Waals surface area contributed by atoms with Crippen LogP contribution in [0.3, 0.4) is 0 Å². The van der Waals surface area contributed by atoms with Gasteiger partial charge in [0.15, 0.2) is 0 Å². The van der Waals surface area contributed by atoms with Gasteiger partial charge in [0.25, 0.3) is 0 Å². The Labute approximate surface area is 140 Å². The second-order valence-electron chi connectivity index (χ2n) is 4.83. The Hall–Kier alpha value is -0.660. The Kier molecular flexibility index (Phi) is 4.58. The van der Waals surface area contributed by atoms with Gasteiger partial charge in [-0.05, 0) is 75.6 Å². The molecule has 0 amide bonds. The quantitative estimate of drug-likeness (QED) is 0.689. The minimum absolute atomic E-state index is 0.666. The summed E-state index contributed by atoms with van der Waals surface area (Å²) in [6.07, 6.45) is 4.31. The van der Waals surface area contributed by atoms with Crippen LogP contribution in [0.25, 0.3) is 0 Å². The van der Waals surface area contributed by atoms with Crippen LogP contribution in [0.4, 0.5) is 0 Å². The molecule has 5 heteroatoms. The van der Waals surface area contributed by atoms with Crippen LogP contribution in [-0.4, -0.2) is 11.0 Å². The maximum Gasteiger partial charge on any atom is 0.223 e. The van der Waals surface area contributed by atoms with E-state index in [1.165, 1.54) is 12.8 Å². The molecule has 2 aromatic rings. The highest BCUT2D eigenvalue weighted by molar-refractivity contribution is 14.1. The number of aromatic nitrogens is 1. The van der Waals surface area contributed by atoms with Gasteiger partial charge < -0.3 is 10.1 Å². The van der Waals surface area contributed by atoms with Gasteiger partial charge in [-0.1, -0.05) is 6.07 Å². The fourth-order valence-corrected chi connectivity index (χ4v) is 2.76. The van der Waals surface area contributed by atoms with Crippen LogP contribution in [0.1, 0.15) is 18.4 Å². The lowest BCUT2D eigenvalue weighted by Crippen LogP contribution is -2.16. The number of ether oxygens (including phenoxy) is 1. The van der Waals surface area contributed by atoms with Crippen molar-refractivity contribution >= 4 is 38.5 Å². The maximum absolute atomic E-state index is 5.92. The number of hydrogen-bond donors (Lipinski definition) is 1. The molecular formula is C15H14BrIN2O. The molecule has 0 aliphatic heterocycles. The van der Waals surface area contributed by atoms with Crippen molar-refractivity contribution in [3.05, 3.63) is 50.1 Å². The molecule has 0 radical (unpaired) electrons. The Morgan fingerprint density at radius 1 is 1.35 bits per heavy atom. The lowest BCUT2D eigenvalue weighted by molar-refractivity contribution is 0.452. The van der Waals surface area contributed by atoms with Gasteiger partial charge in [-0.25, -0.2) is 4.98 Å². The summed E-state index contributed by atoms with van der Waals surface area (Å²) < 4.78 is 8.04. The van der Waals surface area contributed by atoms with Crippen molar-refractivity contribution in [3.8, 4) is 11.6 Å². The van der Waals surface area contributed by atoms with Gasteiger partial charge in [0.2, 0.25) is 5.88 Å². The standard InChI is InChI=1S/C15H14BrIN2O/c16-11-6-10(8-18-13-4-5-13)15(19-9-11)20-14-3-1-2-12(17)7-14/h1-3,6-7,9,13,18H,4-5,8H2. The number of pyridine rings is 1. The first kappa shape index (κ1) is 14.3. The van der Waals surface area contributed by atoms with Gasteiger partial charge in [-0.15, -0.1) is 0 Å². The second kappa shape index (κ2) is 6.41. The summed E-state index contributed by atoms with van der Waals surface area (Å²) in [4.78, 5) is 4.39. The first-order valence-corrected chi connectivity index (χ1v) is 8.39. The molecule has 1 aliphatic rings. The molecule has 0 spiro atoms. The number of hydrogen-bond acceptors (Lipinski definition) is 3. The summed E-state index contributed by atoms with van der Waals surface area (Å²) in [5.74, 6) is 1.49. The highest BCUT2D eigenvalue weighted by Crippen LogP contribution is 2.27. The van der Waals surface area contributed by atoms with Gasteiger partial charge in [0.05, 0.1) is 0 Å². The third-order valence-electron chi connectivity index (χ3n) is 3.06. The monoisotopic (exact) mass is 444 g/mol. The smallest absolute Gasteiger partial charge is 0.223 e. The van der Waals surface area contributed by atoms with Crippen LogP contribution < -0.4 is 10.1 Å². The summed E-state index contributed by atoms with van der Waals surface area (Å²) >= 11 is 5.74. The van der Waals surface area contributed by atoms with E-state index in [9.17, 15) is 0 Å². The highest BCUT2D eigenvalue weighted by atomic mass is 127. The number of halogens is 2. The fraction of sp³-hybridized carbons (Fsp3) is 0.267. The van der Waals surface area contributed by atoms with Crippen LogP contribution in [0, 0.1) is 3.57 Å². The molecule has 0 bridgehead atoms. The molecule has 1 N–H and O–H groups in total. The predicted molar refractivity (Wildman–Crippen MR) is 91.0 cm³/mol. The van der Waals surface area contributed by atoms with E-state index in [1.807, 2.05) is 24.3 Å². The SMILES string of the molecule is Brc1cnc(Oc2cccc(I)c2)c(CNC2CC2)c1. The molecule has 3 rings (SSSR count). The van der Waals surface area contributed by atoms with E-state index in [4.69, 9.17) is 4.74 Å². The summed E-state index contributed by atoms with van der Waals surface area (Å²) in [6.45, 7) is 0.788. The molecule has 20 heavy (non-hydrogen) atoms. The summed E-state index contributed by atoms with van der Waals surface area (Å²) in [5, 5.41) is 3.50. The molecule has 0 atom stereocenters. The maximum atomic E-state index is 5.92. The van der Waals surface area contributed by atoms with Crippen LogP contribution >= 0.6 is 38.5 Å². The van der Waals surface area contributed by atoms with Crippen molar-refractivity contribution in [3.63, 3.8) is 0 Å². The van der Waals surface area contributed by atoms with Gasteiger partial charge in [-0.3, -0.25) is 0 Å². The lowest BCUT2D eigenvalue weighted by atomic mass is 10.2. The van der Waals surface area contributed by atoms with E-state index in [0.717, 1.165) is 25.9 Å². The van der Waals surface area contributed by atoms with Crippen LogP contribution in [-0.2, 0) is 6.54 Å². The molecular weight excluding hydrogens is 431 g/mol. The minimum atomic E-state index is 0.666. The van der Waals surface area contributed by atoms with Crippen LogP contribution in [0.15, 0.2) is 41.0 Å². The molecule has 1 heterocycles. The van der Waals surface area contributed by atoms with Crippen molar-refractivity contribution in [2.45, 2.75) is 25.4 Å². The van der Waals surface area contributed by atoms with Crippen LogP contribution in [0.2, 0.25) is 0 Å². The van der Waals surface area contributed by atoms with Crippen molar-refractivity contribution in [2.24, 2.45) is 0 Å².